The van der Waals surface area contributed by atoms with E-state index >= 15 is 0 Å². The molecular formula is C20H20FN3O2. The van der Waals surface area contributed by atoms with Crippen LogP contribution in [0.25, 0.3) is 10.8 Å². The smallest absolute Gasteiger partial charge is 0.255 e. The Morgan fingerprint density at radius 2 is 1.96 bits per heavy atom. The molecule has 26 heavy (non-hydrogen) atoms. The third-order valence-electron chi connectivity index (χ3n) is 4.96. The SMILES string of the molecule is Cc1nc(C2CCCCCN2C(=O)c2ccc(F)c3ccccc23)no1. The van der Waals surface area contributed by atoms with Gasteiger partial charge in [0.15, 0.2) is 5.82 Å². The second kappa shape index (κ2) is 6.86. The molecule has 1 unspecified atom stereocenters. The molecule has 4 rings (SSSR count). The zero-order valence-corrected chi connectivity index (χ0v) is 14.6. The molecule has 1 aliphatic heterocycles. The molecule has 2 aromatic carbocycles. The molecule has 0 spiro atoms. The summed E-state index contributed by atoms with van der Waals surface area (Å²) in [7, 11) is 0. The van der Waals surface area contributed by atoms with Crippen molar-refractivity contribution >= 4 is 16.7 Å². The van der Waals surface area contributed by atoms with Crippen molar-refractivity contribution < 1.29 is 13.7 Å². The number of aromatic nitrogens is 2. The van der Waals surface area contributed by atoms with E-state index in [1.54, 1.807) is 31.2 Å². The third kappa shape index (κ3) is 2.96. The average molecular weight is 353 g/mol. The Balaban J connectivity index is 1.77. The number of amides is 1. The van der Waals surface area contributed by atoms with E-state index in [-0.39, 0.29) is 17.8 Å². The molecule has 0 aliphatic carbocycles. The van der Waals surface area contributed by atoms with Crippen molar-refractivity contribution in [3.63, 3.8) is 0 Å². The van der Waals surface area contributed by atoms with Gasteiger partial charge in [-0.3, -0.25) is 4.79 Å². The Morgan fingerprint density at radius 1 is 1.15 bits per heavy atom. The molecule has 1 saturated heterocycles. The fraction of sp³-hybridized carbons (Fsp3) is 0.350. The van der Waals surface area contributed by atoms with Crippen molar-refractivity contribution in [1.29, 1.82) is 0 Å². The number of nitrogens with zero attached hydrogens (tertiary/aromatic N) is 3. The molecule has 3 aromatic rings. The molecule has 1 fully saturated rings. The second-order valence-corrected chi connectivity index (χ2v) is 6.68. The van der Waals surface area contributed by atoms with Gasteiger partial charge in [-0.1, -0.05) is 42.3 Å². The molecule has 1 aliphatic rings. The van der Waals surface area contributed by atoms with Crippen LogP contribution in [0.3, 0.4) is 0 Å². The predicted octanol–water partition coefficient (Wildman–Crippen LogP) is 4.43. The van der Waals surface area contributed by atoms with E-state index in [9.17, 15) is 9.18 Å². The van der Waals surface area contributed by atoms with Crippen molar-refractivity contribution in [2.75, 3.05) is 6.54 Å². The zero-order valence-electron chi connectivity index (χ0n) is 14.6. The van der Waals surface area contributed by atoms with Crippen LogP contribution in [-0.4, -0.2) is 27.5 Å². The Hall–Kier alpha value is -2.76. The first kappa shape index (κ1) is 16.7. The Bertz CT molecular complexity index is 953. The molecule has 0 radical (unpaired) electrons. The van der Waals surface area contributed by atoms with Gasteiger partial charge < -0.3 is 9.42 Å². The minimum absolute atomic E-state index is 0.115. The van der Waals surface area contributed by atoms with E-state index in [0.717, 1.165) is 25.7 Å². The topological polar surface area (TPSA) is 59.2 Å². The highest BCUT2D eigenvalue weighted by molar-refractivity contribution is 6.07. The number of hydrogen-bond acceptors (Lipinski definition) is 4. The normalized spacial score (nSPS) is 18.1. The molecule has 134 valence electrons. The number of carbonyl (C=O) groups excluding carboxylic acids is 1. The monoisotopic (exact) mass is 353 g/mol. The fourth-order valence-electron chi connectivity index (χ4n) is 3.67. The van der Waals surface area contributed by atoms with Crippen LogP contribution >= 0.6 is 0 Å². The first-order valence-corrected chi connectivity index (χ1v) is 8.93. The number of likely N-dealkylation sites (tertiary alicyclic amines) is 1. The van der Waals surface area contributed by atoms with Crippen LogP contribution < -0.4 is 0 Å². The molecule has 0 N–H and O–H groups in total. The fourth-order valence-corrected chi connectivity index (χ4v) is 3.67. The van der Waals surface area contributed by atoms with E-state index < -0.39 is 0 Å². The molecule has 1 aromatic heterocycles. The summed E-state index contributed by atoms with van der Waals surface area (Å²) in [5.41, 5.74) is 0.508. The molecule has 0 saturated carbocycles. The summed E-state index contributed by atoms with van der Waals surface area (Å²) in [5.74, 6) is 0.599. The lowest BCUT2D eigenvalue weighted by atomic mass is 10.0. The Morgan fingerprint density at radius 3 is 2.73 bits per heavy atom. The highest BCUT2D eigenvalue weighted by Crippen LogP contribution is 2.31. The maximum Gasteiger partial charge on any atom is 0.255 e. The highest BCUT2D eigenvalue weighted by atomic mass is 19.1. The summed E-state index contributed by atoms with van der Waals surface area (Å²) >= 11 is 0. The van der Waals surface area contributed by atoms with Crippen LogP contribution in [0.1, 0.15) is 53.8 Å². The van der Waals surface area contributed by atoms with Gasteiger partial charge in [0.1, 0.15) is 5.82 Å². The number of hydrogen-bond donors (Lipinski definition) is 0. The molecule has 1 amide bonds. The van der Waals surface area contributed by atoms with Gasteiger partial charge in [-0.25, -0.2) is 4.39 Å². The maximum atomic E-state index is 14.1. The highest BCUT2D eigenvalue weighted by Gasteiger charge is 2.31. The number of fused-ring (bicyclic) bond motifs is 1. The summed E-state index contributed by atoms with van der Waals surface area (Å²) in [6.45, 7) is 2.37. The van der Waals surface area contributed by atoms with Crippen molar-refractivity contribution in [2.24, 2.45) is 0 Å². The maximum absolute atomic E-state index is 14.1. The van der Waals surface area contributed by atoms with E-state index in [1.165, 1.54) is 6.07 Å². The minimum atomic E-state index is -0.321. The predicted molar refractivity (Wildman–Crippen MR) is 95.2 cm³/mol. The molecule has 5 nitrogen and oxygen atoms in total. The van der Waals surface area contributed by atoms with E-state index in [4.69, 9.17) is 4.52 Å². The van der Waals surface area contributed by atoms with E-state index in [0.29, 0.717) is 34.6 Å². The molecule has 6 heteroatoms. The van der Waals surface area contributed by atoms with E-state index in [1.807, 2.05) is 11.0 Å². The molecule has 0 bridgehead atoms. The van der Waals surface area contributed by atoms with Crippen LogP contribution in [0, 0.1) is 12.7 Å². The van der Waals surface area contributed by atoms with Gasteiger partial charge >= 0.3 is 0 Å². The number of rotatable bonds is 2. The van der Waals surface area contributed by atoms with Gasteiger partial charge in [0.05, 0.1) is 6.04 Å². The summed E-state index contributed by atoms with van der Waals surface area (Å²) in [6, 6.07) is 9.80. The largest absolute Gasteiger partial charge is 0.340 e. The minimum Gasteiger partial charge on any atom is -0.340 e. The number of benzene rings is 2. The first-order chi connectivity index (χ1) is 12.6. The first-order valence-electron chi connectivity index (χ1n) is 8.93. The Labute approximate surface area is 150 Å². The van der Waals surface area contributed by atoms with Gasteiger partial charge in [0, 0.05) is 24.4 Å². The molecular weight excluding hydrogens is 333 g/mol. The summed E-state index contributed by atoms with van der Waals surface area (Å²) in [4.78, 5) is 19.5. The van der Waals surface area contributed by atoms with Gasteiger partial charge in [0.2, 0.25) is 5.89 Å². The van der Waals surface area contributed by atoms with Gasteiger partial charge in [-0.05, 0) is 30.4 Å². The van der Waals surface area contributed by atoms with Gasteiger partial charge in [0.25, 0.3) is 5.91 Å². The number of aryl methyl sites for hydroxylation is 1. The average Bonchev–Trinajstić information content (AvgIpc) is 2.94. The van der Waals surface area contributed by atoms with Crippen LogP contribution in [0.5, 0.6) is 0 Å². The Kier molecular flexibility index (Phi) is 4.41. The lowest BCUT2D eigenvalue weighted by Crippen LogP contribution is -2.35. The summed E-state index contributed by atoms with van der Waals surface area (Å²) in [6.07, 6.45) is 3.79. The van der Waals surface area contributed by atoms with Crippen molar-refractivity contribution in [1.82, 2.24) is 15.0 Å². The molecule has 2 heterocycles. The van der Waals surface area contributed by atoms with Crippen LogP contribution in [0.15, 0.2) is 40.9 Å². The molecule has 1 atom stereocenters. The van der Waals surface area contributed by atoms with Crippen LogP contribution in [0.2, 0.25) is 0 Å². The van der Waals surface area contributed by atoms with Crippen molar-refractivity contribution in [3.05, 3.63) is 59.5 Å². The van der Waals surface area contributed by atoms with Crippen molar-refractivity contribution in [2.45, 2.75) is 38.6 Å². The second-order valence-electron chi connectivity index (χ2n) is 6.68. The standard InChI is InChI=1S/C20H20FN3O2/c1-13-22-19(23-26-13)18-9-3-2-6-12-24(18)20(25)16-10-11-17(21)15-8-5-4-7-14(15)16/h4-5,7-8,10-11,18H,2-3,6,9,12H2,1H3. The lowest BCUT2D eigenvalue weighted by Gasteiger charge is -2.28. The van der Waals surface area contributed by atoms with Gasteiger partial charge in [-0.2, -0.15) is 4.98 Å². The van der Waals surface area contributed by atoms with Crippen LogP contribution in [-0.2, 0) is 0 Å². The zero-order chi connectivity index (χ0) is 18.1. The third-order valence-corrected chi connectivity index (χ3v) is 4.96. The quantitative estimate of drug-likeness (QED) is 0.684. The number of carbonyl (C=O) groups is 1. The van der Waals surface area contributed by atoms with Crippen LogP contribution in [0.4, 0.5) is 4.39 Å². The van der Waals surface area contributed by atoms with Gasteiger partial charge in [-0.15, -0.1) is 0 Å². The number of halogens is 1. The van der Waals surface area contributed by atoms with E-state index in [2.05, 4.69) is 10.1 Å². The summed E-state index contributed by atoms with van der Waals surface area (Å²) in [5, 5.41) is 5.13. The van der Waals surface area contributed by atoms with Crippen molar-refractivity contribution in [3.8, 4) is 0 Å². The lowest BCUT2D eigenvalue weighted by molar-refractivity contribution is 0.0672. The summed E-state index contributed by atoms with van der Waals surface area (Å²) < 4.78 is 19.3.